The maximum absolute atomic E-state index is 12.7. The minimum absolute atomic E-state index is 0.0492. The number of thioether (sulfide) groups is 1. The Hall–Kier alpha value is -1.49. The van der Waals surface area contributed by atoms with Crippen molar-refractivity contribution in [2.75, 3.05) is 12.4 Å². The molecular weight excluding hydrogens is 322 g/mol. The summed E-state index contributed by atoms with van der Waals surface area (Å²) in [5, 5.41) is -0.0979. The Balaban J connectivity index is 2.14. The van der Waals surface area contributed by atoms with Gasteiger partial charge < -0.3 is 9.64 Å². The molecule has 2 rings (SSSR count). The number of nitrogens with zero attached hydrogens (tertiary/aromatic N) is 1. The molecule has 1 aromatic rings. The van der Waals surface area contributed by atoms with Crippen LogP contribution >= 0.6 is 11.8 Å². The fraction of sp³-hybridized carbons (Fsp3) is 0.579. The minimum atomic E-state index is -0.471. The van der Waals surface area contributed by atoms with Crippen molar-refractivity contribution in [3.63, 3.8) is 0 Å². The molecule has 0 unspecified atom stereocenters. The molecule has 0 saturated carbocycles. The summed E-state index contributed by atoms with van der Waals surface area (Å²) in [6.07, 6.45) is 4.14. The quantitative estimate of drug-likeness (QED) is 0.522. The van der Waals surface area contributed by atoms with Crippen LogP contribution in [0, 0.1) is 0 Å². The molecule has 24 heavy (non-hydrogen) atoms. The first-order chi connectivity index (χ1) is 11.7. The van der Waals surface area contributed by atoms with Gasteiger partial charge in [0.2, 0.25) is 5.91 Å². The lowest BCUT2D eigenvalue weighted by atomic mass is 10.1. The third kappa shape index (κ3) is 4.76. The standard InChI is InChI=1S/C19H27NO3S/c1-3-5-12-17(21)20-16(19(22)23-13-6-4-2)14-24-18(20)15-10-8-7-9-11-15/h7-11,16,18H,3-6,12-14H2,1-2H3/t16-,18-/m0/s1. The molecule has 1 aliphatic heterocycles. The second-order valence-electron chi connectivity index (χ2n) is 6.04. The van der Waals surface area contributed by atoms with Gasteiger partial charge in [0, 0.05) is 12.2 Å². The molecule has 0 N–H and O–H groups in total. The number of hydrogen-bond acceptors (Lipinski definition) is 4. The number of esters is 1. The van der Waals surface area contributed by atoms with E-state index in [-0.39, 0.29) is 17.3 Å². The zero-order chi connectivity index (χ0) is 17.4. The van der Waals surface area contributed by atoms with Gasteiger partial charge in [0.1, 0.15) is 11.4 Å². The van der Waals surface area contributed by atoms with Crippen LogP contribution in [0.1, 0.15) is 56.9 Å². The third-order valence-corrected chi connectivity index (χ3v) is 5.45. The number of carbonyl (C=O) groups is 2. The highest BCUT2D eigenvalue weighted by Crippen LogP contribution is 2.42. The number of ether oxygens (including phenoxy) is 1. The molecule has 0 radical (unpaired) electrons. The first-order valence-electron chi connectivity index (χ1n) is 8.83. The van der Waals surface area contributed by atoms with Crippen LogP contribution < -0.4 is 0 Å². The maximum atomic E-state index is 12.7. The lowest BCUT2D eigenvalue weighted by molar-refractivity contribution is -0.154. The molecule has 0 spiro atoms. The summed E-state index contributed by atoms with van der Waals surface area (Å²) in [6, 6.07) is 9.46. The van der Waals surface area contributed by atoms with E-state index in [1.807, 2.05) is 30.3 Å². The molecule has 132 valence electrons. The molecule has 0 aromatic heterocycles. The molecule has 2 atom stereocenters. The molecule has 0 aliphatic carbocycles. The summed E-state index contributed by atoms with van der Waals surface area (Å²) in [5.74, 6) is 0.384. The van der Waals surface area contributed by atoms with Gasteiger partial charge in [-0.15, -0.1) is 11.8 Å². The van der Waals surface area contributed by atoms with Crippen molar-refractivity contribution >= 4 is 23.6 Å². The third-order valence-electron chi connectivity index (χ3n) is 4.13. The predicted octanol–water partition coefficient (Wildman–Crippen LogP) is 4.16. The number of hydrogen-bond donors (Lipinski definition) is 0. The number of benzene rings is 1. The van der Waals surface area contributed by atoms with Crippen LogP contribution in [0.15, 0.2) is 30.3 Å². The zero-order valence-corrected chi connectivity index (χ0v) is 15.4. The monoisotopic (exact) mass is 349 g/mol. The second kappa shape index (κ2) is 9.72. The van der Waals surface area contributed by atoms with Crippen LogP contribution in [-0.2, 0) is 14.3 Å². The predicted molar refractivity (Wildman–Crippen MR) is 97.7 cm³/mol. The van der Waals surface area contributed by atoms with Crippen LogP contribution in [-0.4, -0.2) is 35.2 Å². The van der Waals surface area contributed by atoms with Crippen LogP contribution in [0.2, 0.25) is 0 Å². The summed E-state index contributed by atoms with van der Waals surface area (Å²) in [4.78, 5) is 26.9. The van der Waals surface area contributed by atoms with Gasteiger partial charge in [-0.2, -0.15) is 0 Å². The van der Waals surface area contributed by atoms with E-state index in [2.05, 4.69) is 13.8 Å². The highest BCUT2D eigenvalue weighted by Gasteiger charge is 2.42. The molecule has 0 bridgehead atoms. The minimum Gasteiger partial charge on any atom is -0.464 e. The van der Waals surface area contributed by atoms with Crippen molar-refractivity contribution in [2.24, 2.45) is 0 Å². The van der Waals surface area contributed by atoms with Crippen molar-refractivity contribution in [2.45, 2.75) is 57.4 Å². The highest BCUT2D eigenvalue weighted by molar-refractivity contribution is 7.99. The number of unbranched alkanes of at least 4 members (excludes halogenated alkanes) is 2. The average molecular weight is 349 g/mol. The summed E-state index contributed by atoms with van der Waals surface area (Å²) >= 11 is 1.65. The molecule has 1 aliphatic rings. The first kappa shape index (κ1) is 18.8. The summed E-state index contributed by atoms with van der Waals surface area (Å²) in [7, 11) is 0. The Labute approximate surface area is 148 Å². The second-order valence-corrected chi connectivity index (χ2v) is 7.15. The van der Waals surface area contributed by atoms with Crippen molar-refractivity contribution in [3.05, 3.63) is 35.9 Å². The topological polar surface area (TPSA) is 46.6 Å². The largest absolute Gasteiger partial charge is 0.464 e. The Morgan fingerprint density at radius 1 is 1.17 bits per heavy atom. The number of rotatable bonds is 8. The van der Waals surface area contributed by atoms with Crippen LogP contribution in [0.5, 0.6) is 0 Å². The molecule has 1 heterocycles. The molecular formula is C19H27NO3S. The molecule has 1 amide bonds. The van der Waals surface area contributed by atoms with Gasteiger partial charge in [-0.1, -0.05) is 57.0 Å². The van der Waals surface area contributed by atoms with E-state index in [0.29, 0.717) is 18.8 Å². The molecule has 4 nitrogen and oxygen atoms in total. The van der Waals surface area contributed by atoms with Gasteiger partial charge >= 0.3 is 5.97 Å². The zero-order valence-electron chi connectivity index (χ0n) is 14.6. The van der Waals surface area contributed by atoms with Gasteiger partial charge in [0.25, 0.3) is 0 Å². The van der Waals surface area contributed by atoms with Crippen molar-refractivity contribution in [1.82, 2.24) is 4.90 Å². The molecule has 5 heteroatoms. The molecule has 1 aromatic carbocycles. The van der Waals surface area contributed by atoms with Gasteiger partial charge in [0.15, 0.2) is 0 Å². The van der Waals surface area contributed by atoms with Gasteiger partial charge in [-0.3, -0.25) is 4.79 Å². The molecule has 1 saturated heterocycles. The van der Waals surface area contributed by atoms with Crippen molar-refractivity contribution in [1.29, 1.82) is 0 Å². The van der Waals surface area contributed by atoms with E-state index in [4.69, 9.17) is 4.74 Å². The Bertz CT molecular complexity index is 535. The average Bonchev–Trinajstić information content (AvgIpc) is 3.05. The van der Waals surface area contributed by atoms with Crippen molar-refractivity contribution in [3.8, 4) is 0 Å². The van der Waals surface area contributed by atoms with E-state index in [0.717, 1.165) is 31.2 Å². The Morgan fingerprint density at radius 3 is 2.54 bits per heavy atom. The Morgan fingerprint density at radius 2 is 1.88 bits per heavy atom. The molecule has 1 fully saturated rings. The van der Waals surface area contributed by atoms with Crippen LogP contribution in [0.4, 0.5) is 0 Å². The SMILES string of the molecule is CCCCOC(=O)[C@@H]1CS[C@@H](c2ccccc2)N1C(=O)CCCC. The smallest absolute Gasteiger partial charge is 0.329 e. The van der Waals surface area contributed by atoms with Gasteiger partial charge in [0.05, 0.1) is 6.61 Å². The van der Waals surface area contributed by atoms with E-state index in [9.17, 15) is 9.59 Å². The van der Waals surface area contributed by atoms with E-state index < -0.39 is 6.04 Å². The summed E-state index contributed by atoms with van der Waals surface area (Å²) in [5.41, 5.74) is 1.07. The van der Waals surface area contributed by atoms with Gasteiger partial charge in [-0.25, -0.2) is 4.79 Å². The van der Waals surface area contributed by atoms with E-state index in [1.165, 1.54) is 0 Å². The lowest BCUT2D eigenvalue weighted by Gasteiger charge is -2.28. The van der Waals surface area contributed by atoms with E-state index in [1.54, 1.807) is 16.7 Å². The van der Waals surface area contributed by atoms with Gasteiger partial charge in [-0.05, 0) is 18.4 Å². The van der Waals surface area contributed by atoms with Crippen molar-refractivity contribution < 1.29 is 14.3 Å². The lowest BCUT2D eigenvalue weighted by Crippen LogP contribution is -2.43. The fourth-order valence-electron chi connectivity index (χ4n) is 2.74. The van der Waals surface area contributed by atoms with E-state index >= 15 is 0 Å². The number of amides is 1. The summed E-state index contributed by atoms with van der Waals surface area (Å²) in [6.45, 7) is 4.56. The first-order valence-corrected chi connectivity index (χ1v) is 9.88. The highest BCUT2D eigenvalue weighted by atomic mass is 32.2. The fourth-order valence-corrected chi connectivity index (χ4v) is 4.17. The normalized spacial score (nSPS) is 20.2. The Kier molecular flexibility index (Phi) is 7.63. The maximum Gasteiger partial charge on any atom is 0.329 e. The van der Waals surface area contributed by atoms with Crippen LogP contribution in [0.25, 0.3) is 0 Å². The summed E-state index contributed by atoms with van der Waals surface area (Å²) < 4.78 is 5.39. The van der Waals surface area contributed by atoms with Crippen LogP contribution in [0.3, 0.4) is 0 Å². The number of carbonyl (C=O) groups excluding carboxylic acids is 2.